The van der Waals surface area contributed by atoms with Crippen LogP contribution in [0.1, 0.15) is 15.9 Å². The average Bonchev–Trinajstić information content (AvgIpc) is 2.44. The molecule has 1 rings (SSSR count). The maximum absolute atomic E-state index is 11.8. The number of alkyl halides is 2. The van der Waals surface area contributed by atoms with E-state index in [9.17, 15) is 18.4 Å². The van der Waals surface area contributed by atoms with Gasteiger partial charge < -0.3 is 15.2 Å². The quantitative estimate of drug-likeness (QED) is 0.556. The fraction of sp³-hybridized carbons (Fsp3) is 0.308. The van der Waals surface area contributed by atoms with Crippen molar-refractivity contribution in [2.24, 2.45) is 0 Å². The van der Waals surface area contributed by atoms with Crippen LogP contribution in [-0.4, -0.2) is 48.2 Å². The van der Waals surface area contributed by atoms with Gasteiger partial charge in [0, 0.05) is 25.0 Å². The predicted molar refractivity (Wildman–Crippen MR) is 70.1 cm³/mol. The Morgan fingerprint density at radius 1 is 1.43 bits per heavy atom. The average molecular weight is 300 g/mol. The monoisotopic (exact) mass is 300 g/mol. The van der Waals surface area contributed by atoms with Gasteiger partial charge in [0.25, 0.3) is 12.3 Å². The Kier molecular flexibility index (Phi) is 6.96. The molecule has 0 aliphatic carbocycles. The van der Waals surface area contributed by atoms with Crippen LogP contribution in [0.2, 0.25) is 0 Å². The smallest absolute Gasteiger partial charge is 0.328 e. The third kappa shape index (κ3) is 7.11. The molecule has 0 saturated heterocycles. The fourth-order valence-electron chi connectivity index (χ4n) is 1.35. The van der Waals surface area contributed by atoms with Crippen LogP contribution in [0.15, 0.2) is 24.5 Å². The first kappa shape index (κ1) is 16.7. The number of nitrogens with one attached hydrogen (secondary N) is 1. The van der Waals surface area contributed by atoms with Crippen molar-refractivity contribution in [3.8, 4) is 0 Å². The van der Waals surface area contributed by atoms with E-state index >= 15 is 0 Å². The van der Waals surface area contributed by atoms with E-state index in [2.05, 4.69) is 15.0 Å². The second-order valence-corrected chi connectivity index (χ2v) is 3.90. The molecule has 0 spiro atoms. The SMILES string of the molecule is O=C(O)/C=C/c1cncc(C(=O)NCCOCC(F)F)c1. The Balaban J connectivity index is 2.47. The summed E-state index contributed by atoms with van der Waals surface area (Å²) in [5.41, 5.74) is 0.690. The molecule has 114 valence electrons. The van der Waals surface area contributed by atoms with Gasteiger partial charge in [-0.1, -0.05) is 0 Å². The van der Waals surface area contributed by atoms with Gasteiger partial charge in [-0.25, -0.2) is 13.6 Å². The molecule has 1 heterocycles. The molecule has 0 saturated carbocycles. The third-order valence-electron chi connectivity index (χ3n) is 2.22. The van der Waals surface area contributed by atoms with Gasteiger partial charge >= 0.3 is 5.97 Å². The number of carboxylic acid groups (broad SMARTS) is 1. The summed E-state index contributed by atoms with van der Waals surface area (Å²) < 4.78 is 28.2. The van der Waals surface area contributed by atoms with Crippen LogP contribution in [0.25, 0.3) is 6.08 Å². The molecule has 0 unspecified atom stereocenters. The minimum atomic E-state index is -2.54. The zero-order valence-electron chi connectivity index (χ0n) is 11.0. The number of ether oxygens (including phenoxy) is 1. The van der Waals surface area contributed by atoms with Crippen molar-refractivity contribution in [2.45, 2.75) is 6.43 Å². The highest BCUT2D eigenvalue weighted by atomic mass is 19.3. The lowest BCUT2D eigenvalue weighted by atomic mass is 10.2. The van der Waals surface area contributed by atoms with Crippen LogP contribution >= 0.6 is 0 Å². The van der Waals surface area contributed by atoms with Crippen molar-refractivity contribution < 1.29 is 28.2 Å². The van der Waals surface area contributed by atoms with Crippen molar-refractivity contribution >= 4 is 18.0 Å². The van der Waals surface area contributed by atoms with Crippen molar-refractivity contribution in [1.29, 1.82) is 0 Å². The van der Waals surface area contributed by atoms with Crippen LogP contribution < -0.4 is 5.32 Å². The lowest BCUT2D eigenvalue weighted by Gasteiger charge is -2.06. The van der Waals surface area contributed by atoms with Crippen molar-refractivity contribution in [3.05, 3.63) is 35.7 Å². The summed E-state index contributed by atoms with van der Waals surface area (Å²) in [6.45, 7) is -0.615. The Morgan fingerprint density at radius 3 is 2.86 bits per heavy atom. The fourth-order valence-corrected chi connectivity index (χ4v) is 1.35. The van der Waals surface area contributed by atoms with Crippen molar-refractivity contribution in [1.82, 2.24) is 10.3 Å². The number of pyridine rings is 1. The number of aromatic nitrogens is 1. The van der Waals surface area contributed by atoms with Crippen LogP contribution in [0, 0.1) is 0 Å². The first-order valence-corrected chi connectivity index (χ1v) is 5.99. The maximum atomic E-state index is 11.8. The van der Waals surface area contributed by atoms with Gasteiger partial charge in [0.2, 0.25) is 0 Å². The number of carbonyl (C=O) groups excluding carboxylic acids is 1. The number of hydrogen-bond donors (Lipinski definition) is 2. The molecule has 0 aromatic carbocycles. The molecule has 0 bridgehead atoms. The number of carboxylic acids is 1. The van der Waals surface area contributed by atoms with E-state index in [-0.39, 0.29) is 18.7 Å². The zero-order valence-corrected chi connectivity index (χ0v) is 11.0. The van der Waals surface area contributed by atoms with Crippen LogP contribution in [0.3, 0.4) is 0 Å². The third-order valence-corrected chi connectivity index (χ3v) is 2.22. The van der Waals surface area contributed by atoms with Crippen LogP contribution in [0.5, 0.6) is 0 Å². The molecule has 2 N–H and O–H groups in total. The minimum Gasteiger partial charge on any atom is -0.478 e. The summed E-state index contributed by atoms with van der Waals surface area (Å²) >= 11 is 0. The summed E-state index contributed by atoms with van der Waals surface area (Å²) in [5, 5.41) is 11.0. The van der Waals surface area contributed by atoms with Crippen LogP contribution in [-0.2, 0) is 9.53 Å². The summed E-state index contributed by atoms with van der Waals surface area (Å²) in [6, 6.07) is 1.46. The van der Waals surface area contributed by atoms with Gasteiger partial charge in [-0.05, 0) is 17.7 Å². The number of carbonyl (C=O) groups is 2. The Labute approximate surface area is 119 Å². The molecule has 21 heavy (non-hydrogen) atoms. The molecule has 1 aromatic heterocycles. The second kappa shape index (κ2) is 8.75. The number of rotatable bonds is 8. The summed E-state index contributed by atoms with van der Waals surface area (Å²) in [7, 11) is 0. The molecular formula is C13H14F2N2O4. The highest BCUT2D eigenvalue weighted by molar-refractivity contribution is 5.94. The first-order chi connectivity index (χ1) is 9.99. The van der Waals surface area contributed by atoms with E-state index in [1.165, 1.54) is 24.5 Å². The maximum Gasteiger partial charge on any atom is 0.328 e. The highest BCUT2D eigenvalue weighted by Crippen LogP contribution is 2.05. The lowest BCUT2D eigenvalue weighted by molar-refractivity contribution is -0.131. The molecule has 0 atom stereocenters. The standard InChI is InChI=1S/C13H14F2N2O4/c14-11(15)8-21-4-3-17-13(20)10-5-9(6-16-7-10)1-2-12(18)19/h1-2,5-7,11H,3-4,8H2,(H,17,20)(H,18,19)/b2-1+. The number of hydrogen-bond acceptors (Lipinski definition) is 4. The van der Waals surface area contributed by atoms with Crippen LogP contribution in [0.4, 0.5) is 8.78 Å². The van der Waals surface area contributed by atoms with E-state index in [1.54, 1.807) is 0 Å². The van der Waals surface area contributed by atoms with Gasteiger partial charge in [0.15, 0.2) is 0 Å². The molecule has 0 radical (unpaired) electrons. The Bertz CT molecular complexity index is 521. The zero-order chi connectivity index (χ0) is 15.7. The second-order valence-electron chi connectivity index (χ2n) is 3.90. The minimum absolute atomic E-state index is 0.0257. The van der Waals surface area contributed by atoms with E-state index < -0.39 is 24.9 Å². The largest absolute Gasteiger partial charge is 0.478 e. The van der Waals surface area contributed by atoms with Gasteiger partial charge in [-0.15, -0.1) is 0 Å². The lowest BCUT2D eigenvalue weighted by Crippen LogP contribution is -2.28. The Hall–Kier alpha value is -2.35. The molecule has 8 heteroatoms. The van der Waals surface area contributed by atoms with Gasteiger partial charge in [-0.3, -0.25) is 9.78 Å². The molecule has 1 aromatic rings. The number of amides is 1. The van der Waals surface area contributed by atoms with Gasteiger partial charge in [0.1, 0.15) is 6.61 Å². The van der Waals surface area contributed by atoms with E-state index in [1.807, 2.05) is 0 Å². The summed E-state index contributed by atoms with van der Waals surface area (Å²) in [5.74, 6) is -1.56. The molecule has 0 fully saturated rings. The van der Waals surface area contributed by atoms with E-state index in [0.29, 0.717) is 5.56 Å². The van der Waals surface area contributed by atoms with E-state index in [0.717, 1.165) is 6.08 Å². The molecule has 6 nitrogen and oxygen atoms in total. The van der Waals surface area contributed by atoms with Gasteiger partial charge in [-0.2, -0.15) is 0 Å². The Morgan fingerprint density at radius 2 is 2.19 bits per heavy atom. The number of halogens is 2. The normalized spacial score (nSPS) is 11.0. The van der Waals surface area contributed by atoms with Gasteiger partial charge in [0.05, 0.1) is 12.2 Å². The van der Waals surface area contributed by atoms with Crippen molar-refractivity contribution in [3.63, 3.8) is 0 Å². The summed E-state index contributed by atoms with van der Waals surface area (Å²) in [6.07, 6.45) is 2.41. The highest BCUT2D eigenvalue weighted by Gasteiger charge is 2.06. The topological polar surface area (TPSA) is 88.5 Å². The molecule has 1 amide bonds. The van der Waals surface area contributed by atoms with E-state index in [4.69, 9.17) is 5.11 Å². The predicted octanol–water partition coefficient (Wildman–Crippen LogP) is 1.19. The van der Waals surface area contributed by atoms with Crippen molar-refractivity contribution in [2.75, 3.05) is 19.8 Å². The molecule has 0 aliphatic heterocycles. The molecule has 0 aliphatic rings. The molecular weight excluding hydrogens is 286 g/mol. The summed E-state index contributed by atoms with van der Waals surface area (Å²) in [4.78, 5) is 25.9. The number of nitrogens with zero attached hydrogens (tertiary/aromatic N) is 1. The number of aliphatic carboxylic acids is 1. The first-order valence-electron chi connectivity index (χ1n) is 5.99.